The normalized spacial score (nSPS) is 17.8. The van der Waals surface area contributed by atoms with Crippen molar-refractivity contribution in [2.24, 2.45) is 0 Å². The van der Waals surface area contributed by atoms with Gasteiger partial charge >= 0.3 is 0 Å². The Bertz CT molecular complexity index is 710. The van der Waals surface area contributed by atoms with Crippen LogP contribution in [0.4, 0.5) is 0 Å². The number of rotatable bonds is 15. The molecule has 3 amide bonds. The van der Waals surface area contributed by atoms with Gasteiger partial charge in [0.1, 0.15) is 0 Å². The van der Waals surface area contributed by atoms with Crippen LogP contribution in [0.5, 0.6) is 0 Å². The maximum atomic E-state index is 12.1. The van der Waals surface area contributed by atoms with Crippen molar-refractivity contribution in [2.75, 3.05) is 13.1 Å². The van der Waals surface area contributed by atoms with Crippen molar-refractivity contribution in [2.45, 2.75) is 76.6 Å². The number of carbonyl (C=O) groups is 4. The number of carbonyl (C=O) groups excluding carboxylic acids is 4. The van der Waals surface area contributed by atoms with Gasteiger partial charge in [-0.15, -0.1) is 0 Å². The zero-order chi connectivity index (χ0) is 23.6. The molecule has 9 heteroatoms. The van der Waals surface area contributed by atoms with E-state index < -0.39 is 5.25 Å². The third-order valence-corrected chi connectivity index (χ3v) is 5.60. The number of allylic oxidation sites excluding steroid dienone is 1. The van der Waals surface area contributed by atoms with E-state index in [2.05, 4.69) is 41.7 Å². The number of thiol groups is 1. The summed E-state index contributed by atoms with van der Waals surface area (Å²) in [6, 6.07) is -0.597. The van der Waals surface area contributed by atoms with E-state index in [1.807, 2.05) is 13.8 Å². The first kappa shape index (κ1) is 26.7. The summed E-state index contributed by atoms with van der Waals surface area (Å²) in [6.45, 7) is 14.0. The lowest BCUT2D eigenvalue weighted by Crippen LogP contribution is -2.42. The predicted octanol–water partition coefficient (Wildman–Crippen LogP) is 1.68. The minimum Gasteiger partial charge on any atom is -0.387 e. The fourth-order valence-corrected chi connectivity index (χ4v) is 3.44. The molecule has 31 heavy (non-hydrogen) atoms. The second kappa shape index (κ2) is 13.2. The number of hydrogen-bond acceptors (Lipinski definition) is 7. The van der Waals surface area contributed by atoms with Crippen LogP contribution in [0.1, 0.15) is 59.3 Å². The van der Waals surface area contributed by atoms with Crippen molar-refractivity contribution in [1.82, 2.24) is 20.9 Å². The fraction of sp³-hybridized carbons (Fsp3) is 0.636. The molecule has 0 spiro atoms. The smallest absolute Gasteiger partial charge is 0.242 e. The van der Waals surface area contributed by atoms with Crippen molar-refractivity contribution in [1.29, 1.82) is 0 Å². The van der Waals surface area contributed by atoms with Gasteiger partial charge in [-0.3, -0.25) is 24.1 Å². The van der Waals surface area contributed by atoms with Crippen LogP contribution in [0.15, 0.2) is 24.6 Å². The number of amides is 3. The van der Waals surface area contributed by atoms with Gasteiger partial charge in [-0.25, -0.2) is 0 Å². The van der Waals surface area contributed by atoms with Gasteiger partial charge in [-0.05, 0) is 33.1 Å². The molecule has 8 nitrogen and oxygen atoms in total. The zero-order valence-electron chi connectivity index (χ0n) is 18.8. The molecule has 0 radical (unpaired) electrons. The topological polar surface area (TPSA) is 108 Å². The molecule has 0 aromatic carbocycles. The third kappa shape index (κ3) is 9.16. The van der Waals surface area contributed by atoms with Gasteiger partial charge in [0.25, 0.3) is 0 Å². The van der Waals surface area contributed by atoms with Crippen molar-refractivity contribution in [3.8, 4) is 0 Å². The third-order valence-electron chi connectivity index (χ3n) is 5.20. The molecule has 0 saturated carbocycles. The summed E-state index contributed by atoms with van der Waals surface area (Å²) >= 11 is 4.10. The van der Waals surface area contributed by atoms with E-state index in [0.717, 1.165) is 12.1 Å². The van der Waals surface area contributed by atoms with Gasteiger partial charge in [0.2, 0.25) is 17.7 Å². The number of nitrogens with one attached hydrogen (secondary N) is 3. The van der Waals surface area contributed by atoms with Gasteiger partial charge in [0, 0.05) is 43.7 Å². The number of Topliss-reactive ketones (excluding diaryl/α,β-unsaturated/α-hetero) is 1. The number of imide groups is 1. The average Bonchev–Trinajstić information content (AvgIpc) is 2.96. The maximum Gasteiger partial charge on any atom is 0.242 e. The van der Waals surface area contributed by atoms with E-state index in [0.29, 0.717) is 44.5 Å². The van der Waals surface area contributed by atoms with E-state index in [1.165, 1.54) is 4.90 Å². The standard InChI is InChI=1S/C22H36N4O4S/c1-6-18(27)17(5)24-15(3)16(4)25-20(28)10-8-7-9-14(2)23-11-12-26-21(29)13-19(31)22(26)30/h16-17,19,23-24,31H,2-3,6-13H2,1,4-5H3,(H,25,28)/t16-,17-,19?/m0/s1. The Labute approximate surface area is 190 Å². The highest BCUT2D eigenvalue weighted by molar-refractivity contribution is 7.81. The molecule has 0 aromatic rings. The summed E-state index contributed by atoms with van der Waals surface area (Å²) in [5.74, 6) is -0.416. The molecule has 1 aliphatic rings. The van der Waals surface area contributed by atoms with Crippen molar-refractivity contribution < 1.29 is 19.2 Å². The van der Waals surface area contributed by atoms with Crippen LogP contribution in [-0.4, -0.2) is 58.8 Å². The molecule has 1 unspecified atom stereocenters. The molecule has 1 aliphatic heterocycles. The Kier molecular flexibility index (Phi) is 11.4. The van der Waals surface area contributed by atoms with Crippen LogP contribution in [0.2, 0.25) is 0 Å². The van der Waals surface area contributed by atoms with Crippen LogP contribution in [0.3, 0.4) is 0 Å². The number of nitrogens with zero attached hydrogens (tertiary/aromatic N) is 1. The van der Waals surface area contributed by atoms with E-state index in [4.69, 9.17) is 0 Å². The van der Waals surface area contributed by atoms with Crippen LogP contribution in [0.25, 0.3) is 0 Å². The molecule has 0 aromatic heterocycles. The molecule has 0 bridgehead atoms. The number of hydrogen-bond donors (Lipinski definition) is 4. The highest BCUT2D eigenvalue weighted by Gasteiger charge is 2.35. The van der Waals surface area contributed by atoms with Crippen molar-refractivity contribution in [3.05, 3.63) is 24.6 Å². The molecule has 174 valence electrons. The lowest BCUT2D eigenvalue weighted by molar-refractivity contribution is -0.138. The van der Waals surface area contributed by atoms with Gasteiger partial charge in [0.15, 0.2) is 5.78 Å². The Morgan fingerprint density at radius 3 is 2.35 bits per heavy atom. The minimum absolute atomic E-state index is 0.0733. The minimum atomic E-state index is -0.528. The van der Waals surface area contributed by atoms with Crippen molar-refractivity contribution in [3.63, 3.8) is 0 Å². The second-order valence-electron chi connectivity index (χ2n) is 7.84. The summed E-state index contributed by atoms with van der Waals surface area (Å²) < 4.78 is 0. The summed E-state index contributed by atoms with van der Waals surface area (Å²) in [6.07, 6.45) is 3.18. The molecule has 3 atom stereocenters. The molecule has 1 heterocycles. The Morgan fingerprint density at radius 2 is 1.77 bits per heavy atom. The summed E-state index contributed by atoms with van der Waals surface area (Å²) in [7, 11) is 0. The monoisotopic (exact) mass is 452 g/mol. The molecular weight excluding hydrogens is 416 g/mol. The highest BCUT2D eigenvalue weighted by Crippen LogP contribution is 2.17. The number of ketones is 1. The van der Waals surface area contributed by atoms with E-state index in [9.17, 15) is 19.2 Å². The van der Waals surface area contributed by atoms with Gasteiger partial charge < -0.3 is 16.0 Å². The van der Waals surface area contributed by atoms with Crippen molar-refractivity contribution >= 4 is 36.1 Å². The molecule has 1 saturated heterocycles. The number of unbranched alkanes of at least 4 members (excludes halogenated alkanes) is 1. The van der Waals surface area contributed by atoms with E-state index in [-0.39, 0.29) is 42.0 Å². The first-order valence-electron chi connectivity index (χ1n) is 10.8. The SMILES string of the molecule is C=C(CCCCC(=O)N[C@@H](C)C(=C)N[C@@H](C)C(=O)CC)NCCN1C(=O)CC(S)C1=O. The first-order valence-corrected chi connectivity index (χ1v) is 11.3. The quantitative estimate of drug-likeness (QED) is 0.171. The lowest BCUT2D eigenvalue weighted by Gasteiger charge is -2.21. The summed E-state index contributed by atoms with van der Waals surface area (Å²) in [5.41, 5.74) is 1.42. The highest BCUT2D eigenvalue weighted by atomic mass is 32.1. The van der Waals surface area contributed by atoms with Gasteiger partial charge in [-0.2, -0.15) is 12.6 Å². The van der Waals surface area contributed by atoms with Gasteiger partial charge in [-0.1, -0.05) is 20.1 Å². The van der Waals surface area contributed by atoms with Crippen LogP contribution in [-0.2, 0) is 19.2 Å². The number of likely N-dealkylation sites (tertiary alicyclic amines) is 1. The van der Waals surface area contributed by atoms with Gasteiger partial charge in [0.05, 0.1) is 17.3 Å². The largest absolute Gasteiger partial charge is 0.387 e. The molecule has 1 rings (SSSR count). The molecule has 1 fully saturated rings. The Balaban J connectivity index is 2.17. The Hall–Kier alpha value is -2.29. The predicted molar refractivity (Wildman–Crippen MR) is 124 cm³/mol. The van der Waals surface area contributed by atoms with E-state index >= 15 is 0 Å². The van der Waals surface area contributed by atoms with Crippen LogP contribution in [0, 0.1) is 0 Å². The Morgan fingerprint density at radius 1 is 1.13 bits per heavy atom. The maximum absolute atomic E-state index is 12.1. The lowest BCUT2D eigenvalue weighted by atomic mass is 10.1. The fourth-order valence-electron chi connectivity index (χ4n) is 3.15. The van der Waals surface area contributed by atoms with Crippen LogP contribution < -0.4 is 16.0 Å². The van der Waals surface area contributed by atoms with E-state index in [1.54, 1.807) is 6.92 Å². The van der Waals surface area contributed by atoms with Crippen LogP contribution >= 0.6 is 12.6 Å². The molecular formula is C22H36N4O4S. The second-order valence-corrected chi connectivity index (χ2v) is 8.46. The zero-order valence-corrected chi connectivity index (χ0v) is 19.7. The molecule has 3 N–H and O–H groups in total. The summed E-state index contributed by atoms with van der Waals surface area (Å²) in [4.78, 5) is 48.5. The molecule has 0 aliphatic carbocycles. The first-order chi connectivity index (χ1) is 14.6. The summed E-state index contributed by atoms with van der Waals surface area (Å²) in [5, 5.41) is 8.51. The average molecular weight is 453 g/mol.